The molecule has 1 amide bonds. The number of anilines is 2. The molecule has 3 aromatic rings. The van der Waals surface area contributed by atoms with E-state index in [2.05, 4.69) is 51.7 Å². The minimum absolute atomic E-state index is 0.0992. The van der Waals surface area contributed by atoms with Gasteiger partial charge in [-0.15, -0.1) is 0 Å². The quantitative estimate of drug-likeness (QED) is 0.0404. The SMILES string of the molecule is CC[N+]1=c2cc3c(cc2CCC1)=Nc1cc2c(cc1O3)N(CCCC(=O)NCC#Cc1cn([C@H]3CC[C@@H](COP(=O)(O)OP(=O)(O)OP(=O)(O)O)O3)c(=O)nc1N)C(C)(C)CC2CS(=O)(=O)[O-]. The summed E-state index contributed by atoms with van der Waals surface area (Å²) in [5.74, 6) is 4.94. The van der Waals surface area contributed by atoms with E-state index in [0.717, 1.165) is 35.9 Å². The van der Waals surface area contributed by atoms with E-state index in [0.29, 0.717) is 53.2 Å². The molecule has 67 heavy (non-hydrogen) atoms. The first kappa shape index (κ1) is 50.5. The van der Waals surface area contributed by atoms with Crippen molar-refractivity contribution < 1.29 is 73.7 Å². The van der Waals surface area contributed by atoms with Crippen molar-refractivity contribution in [3.05, 3.63) is 68.4 Å². The van der Waals surface area contributed by atoms with Gasteiger partial charge in [-0.3, -0.25) is 13.9 Å². The molecule has 5 heterocycles. The molecule has 3 unspecified atom stereocenters. The van der Waals surface area contributed by atoms with Crippen LogP contribution < -0.4 is 41.7 Å². The zero-order valence-corrected chi connectivity index (χ0v) is 40.0. The van der Waals surface area contributed by atoms with Gasteiger partial charge in [-0.1, -0.05) is 11.8 Å². The van der Waals surface area contributed by atoms with Crippen molar-refractivity contribution in [3.63, 3.8) is 0 Å². The molecule has 0 saturated carbocycles. The second-order valence-electron chi connectivity index (χ2n) is 16.9. The number of aromatic nitrogens is 2. The molecule has 0 bridgehead atoms. The third kappa shape index (κ3) is 12.6. The summed E-state index contributed by atoms with van der Waals surface area (Å²) in [6, 6.07) is 7.71. The number of carbonyl (C=O) groups is 1. The fourth-order valence-electron chi connectivity index (χ4n) is 8.74. The van der Waals surface area contributed by atoms with Crippen LogP contribution >= 0.6 is 23.5 Å². The van der Waals surface area contributed by atoms with Crippen molar-refractivity contribution in [2.45, 2.75) is 89.5 Å². The van der Waals surface area contributed by atoms with Crippen LogP contribution in [0.1, 0.15) is 88.1 Å². The Morgan fingerprint density at radius 2 is 1.87 bits per heavy atom. The molecule has 4 aliphatic heterocycles. The summed E-state index contributed by atoms with van der Waals surface area (Å²) in [6.07, 6.45) is 2.47. The second kappa shape index (κ2) is 19.6. The maximum atomic E-state index is 13.0. The molecule has 0 spiro atoms. The topological polar surface area (TPSA) is 344 Å². The Bertz CT molecular complexity index is 2990. The van der Waals surface area contributed by atoms with E-state index < -0.39 is 75.4 Å². The number of phosphoric ester groups is 1. The highest BCUT2D eigenvalue weighted by molar-refractivity contribution is 7.85. The van der Waals surface area contributed by atoms with Crippen molar-refractivity contribution >= 4 is 56.7 Å². The number of hydrogen-bond donors (Lipinski definition) is 6. The number of amides is 1. The first-order chi connectivity index (χ1) is 31.3. The van der Waals surface area contributed by atoms with Gasteiger partial charge in [0.1, 0.15) is 36.2 Å². The Morgan fingerprint density at radius 3 is 2.58 bits per heavy atom. The number of nitrogen functional groups attached to an aromatic ring is 1. The zero-order chi connectivity index (χ0) is 48.7. The van der Waals surface area contributed by atoms with Gasteiger partial charge in [0.15, 0.2) is 11.5 Å². The third-order valence-electron chi connectivity index (χ3n) is 11.5. The summed E-state index contributed by atoms with van der Waals surface area (Å²) in [6.45, 7) is 7.42. The third-order valence-corrected chi connectivity index (χ3v) is 16.2. The summed E-state index contributed by atoms with van der Waals surface area (Å²) >= 11 is 0. The number of phosphoric acid groups is 3. The average Bonchev–Trinajstić information content (AvgIpc) is 3.68. The van der Waals surface area contributed by atoms with Crippen LogP contribution in [0.2, 0.25) is 0 Å². The van der Waals surface area contributed by atoms with E-state index in [9.17, 15) is 46.0 Å². The van der Waals surface area contributed by atoms with Crippen LogP contribution in [0.5, 0.6) is 11.5 Å². The predicted octanol–water partition coefficient (Wildman–Crippen LogP) is 1.93. The lowest BCUT2D eigenvalue weighted by molar-refractivity contribution is -0.120. The molecule has 24 nitrogen and oxygen atoms in total. The van der Waals surface area contributed by atoms with Crippen molar-refractivity contribution in [2.75, 3.05) is 49.2 Å². The van der Waals surface area contributed by atoms with E-state index in [-0.39, 0.29) is 43.1 Å². The summed E-state index contributed by atoms with van der Waals surface area (Å²) in [5, 5.41) is 4.52. The minimum atomic E-state index is -5.71. The molecule has 5 atom stereocenters. The number of aryl methyl sites for hydroxylation is 1. The molecule has 4 aliphatic rings. The van der Waals surface area contributed by atoms with E-state index in [1.54, 1.807) is 0 Å². The predicted molar refractivity (Wildman–Crippen MR) is 237 cm³/mol. The second-order valence-corrected chi connectivity index (χ2v) is 22.8. The van der Waals surface area contributed by atoms with Gasteiger partial charge in [0.25, 0.3) is 0 Å². The van der Waals surface area contributed by atoms with Gasteiger partial charge in [0.05, 0.1) is 41.0 Å². The van der Waals surface area contributed by atoms with Crippen LogP contribution in [0.4, 0.5) is 17.2 Å². The van der Waals surface area contributed by atoms with Crippen molar-refractivity contribution in [3.8, 4) is 23.3 Å². The number of nitrogens with zero attached hydrogens (tertiary/aromatic N) is 5. The Labute approximate surface area is 384 Å². The Morgan fingerprint density at radius 1 is 1.10 bits per heavy atom. The highest BCUT2D eigenvalue weighted by Crippen LogP contribution is 2.66. The molecule has 7 N–H and O–H groups in total. The highest BCUT2D eigenvalue weighted by atomic mass is 32.2. The number of carbonyl (C=O) groups excluding carboxylic acids is 1. The van der Waals surface area contributed by atoms with Gasteiger partial charge in [-0.05, 0) is 70.6 Å². The minimum Gasteiger partial charge on any atom is -0.748 e. The lowest BCUT2D eigenvalue weighted by Gasteiger charge is -2.48. The summed E-state index contributed by atoms with van der Waals surface area (Å²) in [4.78, 5) is 73.0. The molecular formula is C39H50N7O17P3S. The lowest BCUT2D eigenvalue weighted by atomic mass is 9.79. The van der Waals surface area contributed by atoms with Gasteiger partial charge in [-0.2, -0.15) is 13.6 Å². The van der Waals surface area contributed by atoms with Crippen molar-refractivity contribution in [1.29, 1.82) is 0 Å². The fourth-order valence-corrected chi connectivity index (χ4v) is 12.6. The van der Waals surface area contributed by atoms with E-state index in [1.165, 1.54) is 11.8 Å². The lowest BCUT2D eigenvalue weighted by Crippen LogP contribution is -2.50. The van der Waals surface area contributed by atoms with Crippen LogP contribution in [0.3, 0.4) is 0 Å². The van der Waals surface area contributed by atoms with Crippen LogP contribution in [0, 0.1) is 11.8 Å². The van der Waals surface area contributed by atoms with Gasteiger partial charge in [0.2, 0.25) is 11.3 Å². The fraction of sp³-hybridized carbons (Fsp3) is 0.513. The van der Waals surface area contributed by atoms with Gasteiger partial charge in [0, 0.05) is 60.1 Å². The number of hydrogen-bond acceptors (Lipinski definition) is 17. The molecule has 364 valence electrons. The molecule has 7 rings (SSSR count). The highest BCUT2D eigenvalue weighted by Gasteiger charge is 2.42. The molecule has 28 heteroatoms. The molecule has 0 aliphatic carbocycles. The molecule has 1 fully saturated rings. The monoisotopic (exact) mass is 1010 g/mol. The van der Waals surface area contributed by atoms with E-state index in [1.807, 2.05) is 38.1 Å². The normalized spacial score (nSPS) is 21.5. The maximum absolute atomic E-state index is 13.0. The van der Waals surface area contributed by atoms with E-state index >= 15 is 0 Å². The summed E-state index contributed by atoms with van der Waals surface area (Å²) in [7, 11) is -21.3. The van der Waals surface area contributed by atoms with Crippen LogP contribution in [0.15, 0.2) is 40.2 Å². The zero-order valence-electron chi connectivity index (χ0n) is 36.5. The maximum Gasteiger partial charge on any atom is 0.490 e. The number of benzene rings is 2. The molecule has 2 aromatic carbocycles. The van der Waals surface area contributed by atoms with Gasteiger partial charge < -0.3 is 49.6 Å². The first-order valence-corrected chi connectivity index (χ1v) is 27.2. The molecule has 1 saturated heterocycles. The largest absolute Gasteiger partial charge is 0.748 e. The molecular weight excluding hydrogens is 963 g/mol. The van der Waals surface area contributed by atoms with Gasteiger partial charge >= 0.3 is 29.2 Å². The van der Waals surface area contributed by atoms with Crippen molar-refractivity contribution in [2.24, 2.45) is 4.99 Å². The molecule has 1 aromatic heterocycles. The Kier molecular flexibility index (Phi) is 14.7. The van der Waals surface area contributed by atoms with Crippen molar-refractivity contribution in [1.82, 2.24) is 19.4 Å². The summed E-state index contributed by atoms with van der Waals surface area (Å²) in [5.41, 5.74) is 7.71. The smallest absolute Gasteiger partial charge is 0.490 e. The van der Waals surface area contributed by atoms with Crippen LogP contribution in [-0.4, -0.2) is 98.2 Å². The van der Waals surface area contributed by atoms with Crippen LogP contribution in [-0.2, 0) is 52.9 Å². The number of ether oxygens (including phenoxy) is 2. The first-order valence-electron chi connectivity index (χ1n) is 21.1. The number of nitrogens with two attached hydrogens (primary N) is 1. The number of fused-ring (bicyclic) bond motifs is 4. The van der Waals surface area contributed by atoms with Gasteiger partial charge in [-0.25, -0.2) is 36.5 Å². The van der Waals surface area contributed by atoms with E-state index in [4.69, 9.17) is 30.0 Å². The summed E-state index contributed by atoms with van der Waals surface area (Å²) < 4.78 is 98.5. The average molecular weight is 1010 g/mol. The standard InChI is InChI=1S/C39H50N7O17P3S/c1-4-44-14-6-9-24-16-29-33(18-31(24)44)61-34-19-32-28(17-30(34)42-29)26(23-67(56,57)58)20-39(2,3)46(32)15-7-10-35(47)41-13-5-8-25-21-45(38(48)43-37(25)40)36-12-11-27(60-36)22-59-65(52,53)63-66(54,55)62-64(49,50)51/h16-19,21,26-27,36H,4,6-7,9-15,20,22-23H2,1-3H3,(H7-,40,41,43,47,48,49,50,51,52,53,54,55,56,57,58)/t26?,27-,36+/m0/s1. The Balaban J connectivity index is 0.973. The Hall–Kier alpha value is -4.37. The van der Waals surface area contributed by atoms with Crippen LogP contribution in [0.25, 0.3) is 0 Å². The number of rotatable bonds is 16. The molecule has 0 radical (unpaired) electrons. The number of nitrogens with one attached hydrogen (secondary N) is 1.